The lowest BCUT2D eigenvalue weighted by Gasteiger charge is -2.18. The highest BCUT2D eigenvalue weighted by Crippen LogP contribution is 2.22. The van der Waals surface area contributed by atoms with Gasteiger partial charge in [-0.2, -0.15) is 5.26 Å². The number of aliphatic hydroxyl groups is 1. The quantitative estimate of drug-likeness (QED) is 0.800. The minimum atomic E-state index is -0.588. The molecule has 1 aromatic rings. The topological polar surface area (TPSA) is 60.1 Å². The number of likely N-dealkylation sites (tertiary alicyclic amines) is 1. The van der Waals surface area contributed by atoms with Crippen LogP contribution in [0, 0.1) is 11.3 Å². The number of hydrogen-bond acceptors (Lipinski definition) is 4. The highest BCUT2D eigenvalue weighted by atomic mass is 16.3. The summed E-state index contributed by atoms with van der Waals surface area (Å²) in [5.41, 5.74) is 0.825. The summed E-state index contributed by atoms with van der Waals surface area (Å²) in [7, 11) is 0. The Bertz CT molecular complexity index is 423. The molecule has 4 nitrogen and oxygen atoms in total. The molecule has 0 aliphatic carbocycles. The fourth-order valence-corrected chi connectivity index (χ4v) is 2.08. The SMILES string of the molecule is CC1(O)CCN(Cc2cccnc2C#N)C1. The Kier molecular flexibility index (Phi) is 2.90. The maximum absolute atomic E-state index is 9.85. The Labute approximate surface area is 95.1 Å². The van der Waals surface area contributed by atoms with E-state index in [1.165, 1.54) is 0 Å². The molecule has 1 N–H and O–H groups in total. The fourth-order valence-electron chi connectivity index (χ4n) is 2.08. The second kappa shape index (κ2) is 4.20. The van der Waals surface area contributed by atoms with E-state index in [1.807, 2.05) is 19.1 Å². The molecule has 1 unspecified atom stereocenters. The van der Waals surface area contributed by atoms with Crippen molar-refractivity contribution in [2.45, 2.75) is 25.5 Å². The van der Waals surface area contributed by atoms with E-state index in [0.717, 1.165) is 18.5 Å². The van der Waals surface area contributed by atoms with Crippen LogP contribution >= 0.6 is 0 Å². The molecule has 0 saturated carbocycles. The largest absolute Gasteiger partial charge is 0.389 e. The van der Waals surface area contributed by atoms with Crippen molar-refractivity contribution < 1.29 is 5.11 Å². The molecule has 0 spiro atoms. The Morgan fingerprint density at radius 2 is 2.50 bits per heavy atom. The lowest BCUT2D eigenvalue weighted by molar-refractivity contribution is 0.0679. The Balaban J connectivity index is 2.08. The van der Waals surface area contributed by atoms with Gasteiger partial charge < -0.3 is 5.11 Å². The first-order chi connectivity index (χ1) is 7.61. The predicted octanol–water partition coefficient (Wildman–Crippen LogP) is 0.910. The summed E-state index contributed by atoms with van der Waals surface area (Å²) in [5, 5.41) is 18.8. The van der Waals surface area contributed by atoms with E-state index in [9.17, 15) is 5.11 Å². The molecule has 84 valence electrons. The summed E-state index contributed by atoms with van der Waals surface area (Å²) < 4.78 is 0. The van der Waals surface area contributed by atoms with Crippen LogP contribution in [0.3, 0.4) is 0 Å². The third-order valence-corrected chi connectivity index (χ3v) is 2.92. The monoisotopic (exact) mass is 217 g/mol. The molecule has 1 saturated heterocycles. The van der Waals surface area contributed by atoms with Gasteiger partial charge in [-0.1, -0.05) is 6.07 Å². The maximum Gasteiger partial charge on any atom is 0.144 e. The van der Waals surface area contributed by atoms with Crippen LogP contribution in [0.5, 0.6) is 0 Å². The molecule has 16 heavy (non-hydrogen) atoms. The van der Waals surface area contributed by atoms with Gasteiger partial charge in [-0.3, -0.25) is 4.90 Å². The first-order valence-corrected chi connectivity index (χ1v) is 5.39. The molecule has 0 amide bonds. The van der Waals surface area contributed by atoms with Crippen LogP contribution in [-0.4, -0.2) is 33.7 Å². The van der Waals surface area contributed by atoms with Crippen LogP contribution in [-0.2, 0) is 6.54 Å². The van der Waals surface area contributed by atoms with Gasteiger partial charge in [-0.25, -0.2) is 4.98 Å². The zero-order valence-corrected chi connectivity index (χ0v) is 9.35. The van der Waals surface area contributed by atoms with Gasteiger partial charge in [-0.05, 0) is 19.4 Å². The van der Waals surface area contributed by atoms with E-state index in [-0.39, 0.29) is 0 Å². The third kappa shape index (κ3) is 2.38. The standard InChI is InChI=1S/C12H15N3O/c1-12(16)4-6-15(9-12)8-10-3-2-5-14-11(10)7-13/h2-3,5,16H,4,6,8-9H2,1H3. The molecular weight excluding hydrogens is 202 g/mol. The van der Waals surface area contributed by atoms with E-state index in [1.54, 1.807) is 6.20 Å². The number of pyridine rings is 1. The van der Waals surface area contributed by atoms with Gasteiger partial charge in [0.25, 0.3) is 0 Å². The summed E-state index contributed by atoms with van der Waals surface area (Å²) in [6, 6.07) is 5.84. The number of β-amino-alcohol motifs (C(OH)–C–C–N with tert-alkyl or cyclic N) is 1. The second-order valence-electron chi connectivity index (χ2n) is 4.58. The zero-order valence-electron chi connectivity index (χ0n) is 9.35. The van der Waals surface area contributed by atoms with Crippen molar-refractivity contribution in [3.63, 3.8) is 0 Å². The van der Waals surface area contributed by atoms with E-state index in [0.29, 0.717) is 18.8 Å². The molecule has 2 rings (SSSR count). The Morgan fingerprint density at radius 1 is 1.69 bits per heavy atom. The first kappa shape index (κ1) is 11.1. The van der Waals surface area contributed by atoms with Gasteiger partial charge in [0, 0.05) is 31.4 Å². The summed E-state index contributed by atoms with van der Waals surface area (Å²) >= 11 is 0. The molecule has 1 aromatic heterocycles. The van der Waals surface area contributed by atoms with E-state index < -0.39 is 5.60 Å². The molecule has 2 heterocycles. The molecule has 0 radical (unpaired) electrons. The minimum absolute atomic E-state index is 0.481. The average Bonchev–Trinajstić information content (AvgIpc) is 2.59. The molecule has 4 heteroatoms. The van der Waals surface area contributed by atoms with E-state index in [4.69, 9.17) is 5.26 Å². The second-order valence-corrected chi connectivity index (χ2v) is 4.58. The van der Waals surface area contributed by atoms with Crippen molar-refractivity contribution in [3.8, 4) is 6.07 Å². The molecule has 0 bridgehead atoms. The molecule has 1 fully saturated rings. The van der Waals surface area contributed by atoms with Crippen LogP contribution in [0.4, 0.5) is 0 Å². The van der Waals surface area contributed by atoms with Crippen LogP contribution in [0.25, 0.3) is 0 Å². The van der Waals surface area contributed by atoms with Crippen molar-refractivity contribution in [1.82, 2.24) is 9.88 Å². The summed E-state index contributed by atoms with van der Waals surface area (Å²) in [6.07, 6.45) is 2.41. The number of nitrogens with zero attached hydrogens (tertiary/aromatic N) is 3. The number of hydrogen-bond donors (Lipinski definition) is 1. The Hall–Kier alpha value is -1.44. The normalized spacial score (nSPS) is 25.6. The van der Waals surface area contributed by atoms with Crippen LogP contribution in [0.2, 0.25) is 0 Å². The third-order valence-electron chi connectivity index (χ3n) is 2.92. The maximum atomic E-state index is 9.85. The predicted molar refractivity (Wildman–Crippen MR) is 59.5 cm³/mol. The van der Waals surface area contributed by atoms with Gasteiger partial charge in [0.1, 0.15) is 11.8 Å². The first-order valence-electron chi connectivity index (χ1n) is 5.39. The van der Waals surface area contributed by atoms with E-state index >= 15 is 0 Å². The van der Waals surface area contributed by atoms with Gasteiger partial charge in [0.2, 0.25) is 0 Å². The van der Waals surface area contributed by atoms with Crippen LogP contribution in [0.1, 0.15) is 24.6 Å². The highest BCUT2D eigenvalue weighted by Gasteiger charge is 2.31. The average molecular weight is 217 g/mol. The van der Waals surface area contributed by atoms with Crippen molar-refractivity contribution in [1.29, 1.82) is 5.26 Å². The van der Waals surface area contributed by atoms with Crippen LogP contribution in [0.15, 0.2) is 18.3 Å². The lowest BCUT2D eigenvalue weighted by Crippen LogP contribution is -2.29. The molecule has 1 aliphatic heterocycles. The van der Waals surface area contributed by atoms with Crippen LogP contribution < -0.4 is 0 Å². The van der Waals surface area contributed by atoms with E-state index in [2.05, 4.69) is 16.0 Å². The fraction of sp³-hybridized carbons (Fsp3) is 0.500. The van der Waals surface area contributed by atoms with Crippen molar-refractivity contribution in [3.05, 3.63) is 29.6 Å². The van der Waals surface area contributed by atoms with Crippen molar-refractivity contribution in [2.75, 3.05) is 13.1 Å². The number of nitriles is 1. The molecule has 1 aliphatic rings. The minimum Gasteiger partial charge on any atom is -0.389 e. The zero-order chi connectivity index (χ0) is 11.6. The van der Waals surface area contributed by atoms with Gasteiger partial charge in [0.15, 0.2) is 0 Å². The lowest BCUT2D eigenvalue weighted by atomic mass is 10.1. The summed E-state index contributed by atoms with van der Waals surface area (Å²) in [4.78, 5) is 6.18. The number of rotatable bonds is 2. The molecular formula is C12H15N3O. The summed E-state index contributed by atoms with van der Waals surface area (Å²) in [5.74, 6) is 0. The summed E-state index contributed by atoms with van der Waals surface area (Å²) in [6.45, 7) is 4.06. The van der Waals surface area contributed by atoms with Crippen molar-refractivity contribution >= 4 is 0 Å². The van der Waals surface area contributed by atoms with Gasteiger partial charge in [-0.15, -0.1) is 0 Å². The van der Waals surface area contributed by atoms with Crippen molar-refractivity contribution in [2.24, 2.45) is 0 Å². The molecule has 1 atom stereocenters. The number of aromatic nitrogens is 1. The Morgan fingerprint density at radius 3 is 3.12 bits per heavy atom. The smallest absolute Gasteiger partial charge is 0.144 e. The van der Waals surface area contributed by atoms with Gasteiger partial charge >= 0.3 is 0 Å². The highest BCUT2D eigenvalue weighted by molar-refractivity contribution is 5.30. The van der Waals surface area contributed by atoms with Gasteiger partial charge in [0.05, 0.1) is 5.60 Å². The molecule has 0 aromatic carbocycles.